The summed E-state index contributed by atoms with van der Waals surface area (Å²) in [6.07, 6.45) is 6.61. The molecule has 2 atom stereocenters. The minimum absolute atomic E-state index is 0.0552. The second-order valence-electron chi connectivity index (χ2n) is 11.0. The molecule has 5 heteroatoms. The molecule has 0 saturated heterocycles. The number of benzene rings is 3. The number of pyridine rings is 1. The highest BCUT2D eigenvalue weighted by molar-refractivity contribution is 5.93. The normalized spacial score (nSPS) is 18.8. The molecule has 1 amide bonds. The van der Waals surface area contributed by atoms with Crippen molar-refractivity contribution in [1.29, 1.82) is 0 Å². The van der Waals surface area contributed by atoms with E-state index in [0.29, 0.717) is 12.3 Å². The van der Waals surface area contributed by atoms with Crippen LogP contribution in [-0.2, 0) is 16.0 Å². The van der Waals surface area contributed by atoms with Crippen molar-refractivity contribution >= 4 is 28.5 Å². The number of aliphatic carboxylic acids is 1. The lowest BCUT2D eigenvalue weighted by molar-refractivity contribution is -0.138. The molecule has 1 aliphatic rings. The first-order valence-electron chi connectivity index (χ1n) is 13.9. The number of anilines is 1. The summed E-state index contributed by atoms with van der Waals surface area (Å²) in [5.74, 6) is -0.760. The van der Waals surface area contributed by atoms with Crippen LogP contribution in [0.4, 0.5) is 5.69 Å². The van der Waals surface area contributed by atoms with E-state index in [4.69, 9.17) is 0 Å². The van der Waals surface area contributed by atoms with E-state index in [9.17, 15) is 14.7 Å². The van der Waals surface area contributed by atoms with Crippen LogP contribution in [0.25, 0.3) is 10.9 Å². The Hall–Kier alpha value is -3.99. The molecule has 39 heavy (non-hydrogen) atoms. The van der Waals surface area contributed by atoms with Crippen LogP contribution in [0.1, 0.15) is 66.7 Å². The first-order chi connectivity index (χ1) is 18.9. The smallest absolute Gasteiger partial charge is 0.310 e. The Morgan fingerprint density at radius 1 is 0.923 bits per heavy atom. The fourth-order valence-corrected chi connectivity index (χ4v) is 5.99. The summed E-state index contributed by atoms with van der Waals surface area (Å²) in [5, 5.41) is 13.8. The molecule has 0 bridgehead atoms. The molecule has 2 N–H and O–H groups in total. The second kappa shape index (κ2) is 11.8. The molecule has 1 aromatic heterocycles. The van der Waals surface area contributed by atoms with Gasteiger partial charge in [0.2, 0.25) is 5.91 Å². The van der Waals surface area contributed by atoms with Crippen molar-refractivity contribution in [3.8, 4) is 0 Å². The van der Waals surface area contributed by atoms with E-state index in [-0.39, 0.29) is 17.7 Å². The molecule has 200 valence electrons. The number of fused-ring (bicyclic) bond motifs is 1. The quantitative estimate of drug-likeness (QED) is 0.252. The van der Waals surface area contributed by atoms with Crippen LogP contribution < -0.4 is 5.32 Å². The van der Waals surface area contributed by atoms with Gasteiger partial charge >= 0.3 is 5.97 Å². The third-order valence-electron chi connectivity index (χ3n) is 8.43. The van der Waals surface area contributed by atoms with Crippen molar-refractivity contribution in [2.24, 2.45) is 11.8 Å². The maximum absolute atomic E-state index is 13.7. The maximum Gasteiger partial charge on any atom is 0.310 e. The predicted octanol–water partition coefficient (Wildman–Crippen LogP) is 7.50. The summed E-state index contributed by atoms with van der Waals surface area (Å²) in [7, 11) is 0. The summed E-state index contributed by atoms with van der Waals surface area (Å²) in [6, 6.07) is 26.2. The van der Waals surface area contributed by atoms with Crippen molar-refractivity contribution in [2.75, 3.05) is 5.32 Å². The van der Waals surface area contributed by atoms with Crippen molar-refractivity contribution in [3.05, 3.63) is 107 Å². The largest absolute Gasteiger partial charge is 0.481 e. The number of carbonyl (C=O) groups is 2. The Bertz CT molecular complexity index is 1430. The molecule has 1 saturated carbocycles. The van der Waals surface area contributed by atoms with Crippen molar-refractivity contribution in [2.45, 2.75) is 57.8 Å². The van der Waals surface area contributed by atoms with Gasteiger partial charge in [-0.2, -0.15) is 0 Å². The van der Waals surface area contributed by atoms with E-state index in [1.807, 2.05) is 67.7 Å². The lowest BCUT2D eigenvalue weighted by Gasteiger charge is -2.34. The van der Waals surface area contributed by atoms with Crippen LogP contribution in [-0.4, -0.2) is 22.0 Å². The molecule has 5 rings (SSSR count). The number of nitrogens with zero attached hydrogens (tertiary/aromatic N) is 1. The van der Waals surface area contributed by atoms with Gasteiger partial charge in [-0.3, -0.25) is 14.6 Å². The van der Waals surface area contributed by atoms with Gasteiger partial charge in [0.15, 0.2) is 0 Å². The number of aryl methyl sites for hydroxylation is 1. The number of nitrogens with one attached hydrogen (secondary N) is 1. The summed E-state index contributed by atoms with van der Waals surface area (Å²) >= 11 is 0. The number of carboxylic acid groups (broad SMARTS) is 1. The zero-order valence-corrected chi connectivity index (χ0v) is 22.6. The monoisotopic (exact) mass is 520 g/mol. The third kappa shape index (κ3) is 6.19. The van der Waals surface area contributed by atoms with Crippen molar-refractivity contribution < 1.29 is 14.7 Å². The number of amides is 1. The van der Waals surface area contributed by atoms with Gasteiger partial charge in [0.1, 0.15) is 0 Å². The van der Waals surface area contributed by atoms with E-state index >= 15 is 0 Å². The highest BCUT2D eigenvalue weighted by Gasteiger charge is 2.33. The third-order valence-corrected chi connectivity index (χ3v) is 8.43. The van der Waals surface area contributed by atoms with Gasteiger partial charge in [-0.05, 0) is 98.7 Å². The summed E-state index contributed by atoms with van der Waals surface area (Å²) < 4.78 is 0. The number of hydrogen-bond acceptors (Lipinski definition) is 3. The lowest BCUT2D eigenvalue weighted by atomic mass is 9.71. The summed E-state index contributed by atoms with van der Waals surface area (Å²) in [6.45, 7) is 3.73. The summed E-state index contributed by atoms with van der Waals surface area (Å²) in [4.78, 5) is 29.6. The zero-order valence-electron chi connectivity index (χ0n) is 22.6. The minimum atomic E-state index is -0.836. The fraction of sp³-hybridized carbons (Fsp3) is 0.324. The van der Waals surface area contributed by atoms with E-state index in [1.54, 1.807) is 6.92 Å². The molecule has 0 spiro atoms. The van der Waals surface area contributed by atoms with Gasteiger partial charge in [0.25, 0.3) is 0 Å². The number of hydrogen-bond donors (Lipinski definition) is 2. The summed E-state index contributed by atoms with van der Waals surface area (Å²) in [5.41, 5.74) is 6.20. The topological polar surface area (TPSA) is 79.3 Å². The highest BCUT2D eigenvalue weighted by Crippen LogP contribution is 2.41. The predicted molar refractivity (Wildman–Crippen MR) is 156 cm³/mol. The van der Waals surface area contributed by atoms with Crippen LogP contribution >= 0.6 is 0 Å². The molecule has 0 radical (unpaired) electrons. The number of para-hydroxylation sites is 1. The Balaban J connectivity index is 1.34. The van der Waals surface area contributed by atoms with Crippen LogP contribution in [0.2, 0.25) is 0 Å². The molecular weight excluding hydrogens is 484 g/mol. The van der Waals surface area contributed by atoms with Crippen LogP contribution in [0.5, 0.6) is 0 Å². The molecule has 1 unspecified atom stereocenters. The van der Waals surface area contributed by atoms with Gasteiger partial charge in [-0.15, -0.1) is 0 Å². The van der Waals surface area contributed by atoms with Gasteiger partial charge in [-0.25, -0.2) is 0 Å². The molecule has 3 aromatic carbocycles. The first-order valence-corrected chi connectivity index (χ1v) is 13.9. The minimum Gasteiger partial charge on any atom is -0.481 e. The molecule has 1 aliphatic carbocycles. The van der Waals surface area contributed by atoms with Crippen LogP contribution in [0.15, 0.2) is 85.1 Å². The Kier molecular flexibility index (Phi) is 8.06. The molecule has 5 nitrogen and oxygen atoms in total. The van der Waals surface area contributed by atoms with Crippen molar-refractivity contribution in [1.82, 2.24) is 4.98 Å². The van der Waals surface area contributed by atoms with E-state index in [2.05, 4.69) is 34.6 Å². The lowest BCUT2D eigenvalue weighted by Crippen LogP contribution is -2.33. The molecular formula is C34H36N2O3. The number of carboxylic acids is 1. The SMILES string of the molecule is Cc1ccc(NC(=O)[C@H](Cc2ccc(C(C)C(=O)O)cc2)C2CCC(c3ccnc4ccccc34)CC2)cc1. The molecule has 1 fully saturated rings. The number of carbonyl (C=O) groups excluding carboxylic acids is 1. The van der Waals surface area contributed by atoms with Gasteiger partial charge in [-0.1, -0.05) is 60.2 Å². The number of aromatic nitrogens is 1. The van der Waals surface area contributed by atoms with Crippen molar-refractivity contribution in [3.63, 3.8) is 0 Å². The Morgan fingerprint density at radius 3 is 2.31 bits per heavy atom. The standard InChI is InChI=1S/C34H36N2O3/c1-22-7-17-28(18-8-22)36-33(37)31(21-24-9-11-25(12-10-24)23(2)34(38)39)27-15-13-26(14-16-27)29-19-20-35-32-6-4-3-5-30(29)32/h3-12,17-20,23,26-27,31H,13-16,21H2,1-2H3,(H,36,37)(H,38,39)/t23?,26?,27?,31-/m1/s1. The van der Waals surface area contributed by atoms with Crippen LogP contribution in [0.3, 0.4) is 0 Å². The Morgan fingerprint density at radius 2 is 1.62 bits per heavy atom. The zero-order chi connectivity index (χ0) is 27.4. The van der Waals surface area contributed by atoms with Gasteiger partial charge < -0.3 is 10.4 Å². The Labute approximate surface area is 230 Å². The highest BCUT2D eigenvalue weighted by atomic mass is 16.4. The average Bonchev–Trinajstić information content (AvgIpc) is 2.97. The molecule has 4 aromatic rings. The fourth-order valence-electron chi connectivity index (χ4n) is 5.99. The van der Waals surface area contributed by atoms with E-state index in [0.717, 1.165) is 53.6 Å². The molecule has 1 heterocycles. The molecule has 0 aliphatic heterocycles. The second-order valence-corrected chi connectivity index (χ2v) is 11.0. The number of rotatable bonds is 8. The maximum atomic E-state index is 13.7. The first kappa shape index (κ1) is 26.6. The van der Waals surface area contributed by atoms with Crippen LogP contribution in [0, 0.1) is 18.8 Å². The van der Waals surface area contributed by atoms with Gasteiger partial charge in [0, 0.05) is 23.2 Å². The van der Waals surface area contributed by atoms with E-state index in [1.165, 1.54) is 10.9 Å². The average molecular weight is 521 g/mol. The van der Waals surface area contributed by atoms with Gasteiger partial charge in [0.05, 0.1) is 11.4 Å². The van der Waals surface area contributed by atoms with E-state index < -0.39 is 11.9 Å².